The molecule has 2 unspecified atom stereocenters. The summed E-state index contributed by atoms with van der Waals surface area (Å²) in [6.45, 7) is 3.63. The van der Waals surface area contributed by atoms with Crippen molar-refractivity contribution in [2.24, 2.45) is 0 Å². The first-order chi connectivity index (χ1) is 30.0. The highest BCUT2D eigenvalue weighted by atomic mass is 32.2. The lowest BCUT2D eigenvalue weighted by Gasteiger charge is -2.40. The van der Waals surface area contributed by atoms with Crippen LogP contribution in [0.25, 0.3) is 0 Å². The Kier molecular flexibility index (Phi) is 36.3. The number of aliphatic hydroxyl groups is 3. The first-order valence-corrected chi connectivity index (χ1v) is 25.8. The third-order valence-electron chi connectivity index (χ3n) is 10.9. The van der Waals surface area contributed by atoms with Crippen LogP contribution in [0.4, 0.5) is 0 Å². The van der Waals surface area contributed by atoms with Crippen molar-refractivity contribution >= 4 is 22.1 Å². The van der Waals surface area contributed by atoms with Crippen molar-refractivity contribution in [3.63, 3.8) is 0 Å². The van der Waals surface area contributed by atoms with Gasteiger partial charge in [0.15, 0.2) is 12.4 Å². The molecule has 360 valence electrons. The Morgan fingerprint density at radius 2 is 1.02 bits per heavy atom. The quantitative estimate of drug-likeness (QED) is 0.0198. The Morgan fingerprint density at radius 1 is 0.565 bits per heavy atom. The number of allylic oxidation sites excluding steroid dienone is 8. The number of esters is 2. The van der Waals surface area contributed by atoms with Crippen molar-refractivity contribution < 1.29 is 56.8 Å². The van der Waals surface area contributed by atoms with Crippen molar-refractivity contribution in [1.82, 2.24) is 0 Å². The van der Waals surface area contributed by atoms with Crippen molar-refractivity contribution in [2.45, 2.75) is 230 Å². The molecule has 1 fully saturated rings. The van der Waals surface area contributed by atoms with E-state index in [-0.39, 0.29) is 19.4 Å². The molecule has 1 saturated heterocycles. The number of hydrogen-bond donors (Lipinski definition) is 4. The highest BCUT2D eigenvalue weighted by Crippen LogP contribution is 2.24. The predicted octanol–water partition coefficient (Wildman–Crippen LogP) is 10.3. The molecule has 13 heteroatoms. The first kappa shape index (κ1) is 57.6. The van der Waals surface area contributed by atoms with E-state index in [0.29, 0.717) is 12.8 Å². The zero-order chi connectivity index (χ0) is 45.5. The summed E-state index contributed by atoms with van der Waals surface area (Å²) in [5.74, 6) is -2.03. The van der Waals surface area contributed by atoms with Gasteiger partial charge in [0.2, 0.25) is 0 Å². The second kappa shape index (κ2) is 39.0. The molecule has 0 radical (unpaired) electrons. The van der Waals surface area contributed by atoms with Gasteiger partial charge in [0.1, 0.15) is 36.8 Å². The van der Waals surface area contributed by atoms with E-state index >= 15 is 0 Å². The minimum atomic E-state index is -4.61. The zero-order valence-corrected chi connectivity index (χ0v) is 39.3. The van der Waals surface area contributed by atoms with E-state index < -0.39 is 71.2 Å². The molecule has 0 bridgehead atoms. The summed E-state index contributed by atoms with van der Waals surface area (Å²) in [7, 11) is -4.61. The lowest BCUT2D eigenvalue weighted by atomic mass is 10.00. The molecule has 0 aromatic rings. The summed E-state index contributed by atoms with van der Waals surface area (Å²) in [4.78, 5) is 25.4. The summed E-state index contributed by atoms with van der Waals surface area (Å²) in [5, 5.41) is 30.9. The standard InChI is InChI=1S/C49H86O12S/c1-3-5-7-9-11-13-15-17-19-20-21-22-24-26-28-30-32-34-36-38-45(51)60-42(40-59-49-48(54)47(53)46(52)43(61-49)41-62(55,56)57)39-58-44(50)37-35-33-31-29-27-25-23-18-16-14-12-10-8-6-4-2/h6,8,12,14,18,23,27,29,42-43,46-49,52-54H,3-5,7,9-11,13,15-17,19-22,24-26,28,30-41H2,1-2H3,(H,55,56,57)/b8-6+,14-12+,23-18+,29-27+/t42-,43-,46-,47?,48?,49+/m1/s1. The number of ether oxygens (including phenoxy) is 4. The fraction of sp³-hybridized carbons (Fsp3) is 0.796. The lowest BCUT2D eigenvalue weighted by Crippen LogP contribution is -2.60. The fourth-order valence-corrected chi connectivity index (χ4v) is 7.89. The number of carbonyl (C=O) groups is 2. The van der Waals surface area contributed by atoms with Crippen LogP contribution in [0.3, 0.4) is 0 Å². The second-order valence-electron chi connectivity index (χ2n) is 16.8. The molecule has 4 N–H and O–H groups in total. The molecular weight excluding hydrogens is 813 g/mol. The van der Waals surface area contributed by atoms with Crippen LogP contribution >= 0.6 is 0 Å². The Balaban J connectivity index is 2.42. The molecule has 0 aliphatic carbocycles. The average molecular weight is 899 g/mol. The maximum Gasteiger partial charge on any atom is 0.306 e. The smallest absolute Gasteiger partial charge is 0.306 e. The van der Waals surface area contributed by atoms with E-state index in [9.17, 15) is 37.9 Å². The van der Waals surface area contributed by atoms with Crippen LogP contribution in [0.1, 0.15) is 194 Å². The molecule has 0 amide bonds. The van der Waals surface area contributed by atoms with Gasteiger partial charge in [-0.05, 0) is 51.4 Å². The summed E-state index contributed by atoms with van der Waals surface area (Å²) in [6, 6.07) is 0. The molecular formula is C49H86O12S. The van der Waals surface area contributed by atoms with Gasteiger partial charge in [-0.25, -0.2) is 0 Å². The minimum absolute atomic E-state index is 0.157. The van der Waals surface area contributed by atoms with Crippen molar-refractivity contribution in [3.05, 3.63) is 48.6 Å². The molecule has 1 heterocycles. The van der Waals surface area contributed by atoms with E-state index in [1.54, 1.807) is 0 Å². The average Bonchev–Trinajstić information content (AvgIpc) is 3.24. The number of carbonyl (C=O) groups excluding carboxylic acids is 2. The minimum Gasteiger partial charge on any atom is -0.462 e. The van der Waals surface area contributed by atoms with Crippen LogP contribution in [0.5, 0.6) is 0 Å². The zero-order valence-electron chi connectivity index (χ0n) is 38.5. The Labute approximate surface area is 375 Å². The van der Waals surface area contributed by atoms with Gasteiger partial charge in [0.25, 0.3) is 10.1 Å². The normalized spacial score (nSPS) is 20.3. The van der Waals surface area contributed by atoms with Gasteiger partial charge in [-0.15, -0.1) is 0 Å². The molecule has 12 nitrogen and oxygen atoms in total. The molecule has 0 aromatic heterocycles. The van der Waals surface area contributed by atoms with Gasteiger partial charge in [-0.1, -0.05) is 178 Å². The highest BCUT2D eigenvalue weighted by Gasteiger charge is 2.46. The van der Waals surface area contributed by atoms with E-state index in [1.807, 2.05) is 0 Å². The molecule has 1 rings (SSSR count). The maximum atomic E-state index is 12.8. The van der Waals surface area contributed by atoms with Gasteiger partial charge in [-0.2, -0.15) is 8.42 Å². The largest absolute Gasteiger partial charge is 0.462 e. The Hall–Kier alpha value is -2.39. The number of hydrogen-bond acceptors (Lipinski definition) is 11. The first-order valence-electron chi connectivity index (χ1n) is 24.2. The Bertz CT molecular complexity index is 1330. The number of unbranched alkanes of at least 4 members (excludes halogenated alkanes) is 20. The van der Waals surface area contributed by atoms with E-state index in [2.05, 4.69) is 62.5 Å². The topological polar surface area (TPSA) is 186 Å². The van der Waals surface area contributed by atoms with Gasteiger partial charge < -0.3 is 34.3 Å². The van der Waals surface area contributed by atoms with Crippen LogP contribution in [0.2, 0.25) is 0 Å². The summed E-state index contributed by atoms with van der Waals surface area (Å²) >= 11 is 0. The van der Waals surface area contributed by atoms with Crippen LogP contribution < -0.4 is 0 Å². The molecule has 62 heavy (non-hydrogen) atoms. The number of aliphatic hydroxyl groups excluding tert-OH is 3. The third kappa shape index (κ3) is 33.2. The van der Waals surface area contributed by atoms with Crippen molar-refractivity contribution in [1.29, 1.82) is 0 Å². The van der Waals surface area contributed by atoms with E-state index in [1.165, 1.54) is 96.3 Å². The Morgan fingerprint density at radius 3 is 1.52 bits per heavy atom. The fourth-order valence-electron chi connectivity index (χ4n) is 7.20. The second-order valence-corrected chi connectivity index (χ2v) is 18.2. The molecule has 0 saturated carbocycles. The monoisotopic (exact) mass is 899 g/mol. The highest BCUT2D eigenvalue weighted by molar-refractivity contribution is 7.85. The van der Waals surface area contributed by atoms with Crippen molar-refractivity contribution in [2.75, 3.05) is 19.0 Å². The molecule has 0 spiro atoms. The van der Waals surface area contributed by atoms with Crippen molar-refractivity contribution in [3.8, 4) is 0 Å². The van der Waals surface area contributed by atoms with E-state index in [0.717, 1.165) is 57.8 Å². The van der Waals surface area contributed by atoms with Crippen LogP contribution in [-0.2, 0) is 38.7 Å². The van der Waals surface area contributed by atoms with Gasteiger partial charge in [0, 0.05) is 12.8 Å². The summed E-state index contributed by atoms with van der Waals surface area (Å²) in [5.41, 5.74) is 0. The molecule has 0 aromatic carbocycles. The van der Waals surface area contributed by atoms with Gasteiger partial charge in [0.05, 0.1) is 6.61 Å². The maximum absolute atomic E-state index is 12.8. The SMILES string of the molecule is CC/C=C/C/C=C/C/C=C/C/C=C/CCCCC(=O)OC[C@H](CO[C@H]1O[C@H](CS(=O)(=O)O)[C@@H](O)C(O)C1O)OC(=O)CCCCCCCCCCCCCCCCCCCCC. The number of rotatable bonds is 40. The van der Waals surface area contributed by atoms with Crippen LogP contribution in [0.15, 0.2) is 48.6 Å². The third-order valence-corrected chi connectivity index (χ3v) is 11.7. The predicted molar refractivity (Wildman–Crippen MR) is 247 cm³/mol. The van der Waals surface area contributed by atoms with Crippen LogP contribution in [-0.4, -0.2) is 96.0 Å². The molecule has 1 aliphatic heterocycles. The summed E-state index contributed by atoms with van der Waals surface area (Å²) in [6.07, 6.45) is 37.3. The van der Waals surface area contributed by atoms with Crippen LogP contribution in [0, 0.1) is 0 Å². The molecule has 1 aliphatic rings. The van der Waals surface area contributed by atoms with E-state index in [4.69, 9.17) is 18.9 Å². The lowest BCUT2D eigenvalue weighted by molar-refractivity contribution is -0.297. The van der Waals surface area contributed by atoms with Gasteiger partial charge >= 0.3 is 11.9 Å². The summed E-state index contributed by atoms with van der Waals surface area (Å²) < 4.78 is 54.1. The molecule has 6 atom stereocenters. The van der Waals surface area contributed by atoms with Gasteiger partial charge in [-0.3, -0.25) is 14.1 Å².